The third-order valence-corrected chi connectivity index (χ3v) is 0.985. The van der Waals surface area contributed by atoms with Crippen molar-refractivity contribution in [1.82, 2.24) is 4.72 Å². The lowest BCUT2D eigenvalue weighted by Crippen LogP contribution is -2.11. The molecule has 0 saturated heterocycles. The molecule has 0 rings (SSSR count). The molecule has 4 nitrogen and oxygen atoms in total. The topological polar surface area (TPSA) is 66.4 Å². The molecule has 0 spiro atoms. The number of amides is 1. The smallest absolute Gasteiger partial charge is 0.328 e. The zero-order valence-electron chi connectivity index (χ0n) is 5.33. The van der Waals surface area contributed by atoms with E-state index in [1.165, 1.54) is 0 Å². The number of hydrogen-bond acceptors (Lipinski definition) is 3. The van der Waals surface area contributed by atoms with Crippen molar-refractivity contribution in [3.63, 3.8) is 0 Å². The van der Waals surface area contributed by atoms with Gasteiger partial charge in [-0.15, -0.1) is 0 Å². The monoisotopic (exact) mass is 161 g/mol. The highest BCUT2D eigenvalue weighted by Crippen LogP contribution is 1.82. The summed E-state index contributed by atoms with van der Waals surface area (Å²) >= 11 is 1.12. The van der Waals surface area contributed by atoms with E-state index in [0.717, 1.165) is 24.1 Å². The molecule has 2 N–H and O–H groups in total. The summed E-state index contributed by atoms with van der Waals surface area (Å²) in [6.45, 7) is 0. The van der Waals surface area contributed by atoms with E-state index in [-0.39, 0.29) is 0 Å². The van der Waals surface area contributed by atoms with Crippen molar-refractivity contribution in [2.24, 2.45) is 0 Å². The molecule has 0 fully saturated rings. The van der Waals surface area contributed by atoms with Gasteiger partial charge < -0.3 is 5.11 Å². The molecule has 0 atom stereocenters. The Morgan fingerprint density at radius 3 is 2.50 bits per heavy atom. The molecule has 0 aliphatic heterocycles. The molecule has 0 aliphatic rings. The fourth-order valence-corrected chi connectivity index (χ4v) is 0.551. The minimum Gasteiger partial charge on any atom is -0.478 e. The summed E-state index contributed by atoms with van der Waals surface area (Å²) < 4.78 is 2.33. The Hall–Kier alpha value is -0.970. The van der Waals surface area contributed by atoms with Crippen LogP contribution in [0, 0.1) is 0 Å². The fourth-order valence-electron chi connectivity index (χ4n) is 0.282. The first-order valence-corrected chi connectivity index (χ1v) is 3.63. The molecule has 0 aromatic rings. The minimum atomic E-state index is -1.13. The molecule has 0 aliphatic carbocycles. The van der Waals surface area contributed by atoms with E-state index >= 15 is 0 Å². The van der Waals surface area contributed by atoms with Crippen LogP contribution in [0.4, 0.5) is 0 Å². The Balaban J connectivity index is 3.67. The summed E-state index contributed by atoms with van der Waals surface area (Å²) in [4.78, 5) is 20.3. The lowest BCUT2D eigenvalue weighted by molar-refractivity contribution is -0.131. The van der Waals surface area contributed by atoms with Crippen LogP contribution in [0.5, 0.6) is 0 Å². The van der Waals surface area contributed by atoms with Crippen LogP contribution in [0.2, 0.25) is 0 Å². The van der Waals surface area contributed by atoms with Gasteiger partial charge in [-0.1, -0.05) is 11.9 Å². The molecule has 0 bridgehead atoms. The van der Waals surface area contributed by atoms with Crippen molar-refractivity contribution < 1.29 is 14.7 Å². The maximum atomic E-state index is 10.5. The van der Waals surface area contributed by atoms with Gasteiger partial charge in [-0.3, -0.25) is 9.52 Å². The van der Waals surface area contributed by atoms with Crippen LogP contribution in [-0.2, 0) is 9.59 Å². The third kappa shape index (κ3) is 5.17. The number of rotatable bonds is 3. The first kappa shape index (κ1) is 9.03. The molecule has 0 unspecified atom stereocenters. The standard InChI is InChI=1S/C5H7NO3S/c1-10-6-4(7)2-3-5(8)9/h2-3H,1H3,(H,6,7)(H,8,9)/b3-2-. The molecule has 0 saturated carbocycles. The summed E-state index contributed by atoms with van der Waals surface area (Å²) in [7, 11) is 0. The predicted octanol–water partition coefficient (Wildman–Crippen LogP) is 0.0214. The molecule has 0 aromatic heterocycles. The van der Waals surface area contributed by atoms with Gasteiger partial charge in [-0.25, -0.2) is 4.79 Å². The maximum absolute atomic E-state index is 10.5. The summed E-state index contributed by atoms with van der Waals surface area (Å²) in [6, 6.07) is 0. The second-order valence-electron chi connectivity index (χ2n) is 1.34. The van der Waals surface area contributed by atoms with Gasteiger partial charge in [-0.05, 0) is 0 Å². The summed E-state index contributed by atoms with van der Waals surface area (Å²) in [6.07, 6.45) is 3.41. The SMILES string of the molecule is CSNC(=O)/C=C\C(=O)O. The summed E-state index contributed by atoms with van der Waals surface area (Å²) in [5, 5.41) is 8.06. The van der Waals surface area contributed by atoms with Gasteiger partial charge in [-0.2, -0.15) is 0 Å². The van der Waals surface area contributed by atoms with Gasteiger partial charge in [0.2, 0.25) is 0 Å². The molecular weight excluding hydrogens is 154 g/mol. The van der Waals surface area contributed by atoms with Gasteiger partial charge >= 0.3 is 5.97 Å². The van der Waals surface area contributed by atoms with Crippen molar-refractivity contribution >= 4 is 23.8 Å². The van der Waals surface area contributed by atoms with Crippen molar-refractivity contribution in [2.75, 3.05) is 6.26 Å². The number of carboxylic acids is 1. The first-order valence-electron chi connectivity index (χ1n) is 2.40. The second kappa shape index (κ2) is 4.87. The first-order chi connectivity index (χ1) is 4.66. The predicted molar refractivity (Wildman–Crippen MR) is 38.4 cm³/mol. The Morgan fingerprint density at radius 1 is 1.50 bits per heavy atom. The number of aliphatic carboxylic acids is 1. The highest BCUT2D eigenvalue weighted by Gasteiger charge is 1.92. The minimum absolute atomic E-state index is 0.421. The van der Waals surface area contributed by atoms with Gasteiger partial charge in [0.1, 0.15) is 0 Å². The molecule has 5 heteroatoms. The van der Waals surface area contributed by atoms with Gasteiger partial charge in [0.25, 0.3) is 5.91 Å². The molecular formula is C5H7NO3S. The number of nitrogens with one attached hydrogen (secondary N) is 1. The zero-order valence-corrected chi connectivity index (χ0v) is 6.14. The summed E-state index contributed by atoms with van der Waals surface area (Å²) in [5.74, 6) is -1.55. The normalized spacial score (nSPS) is 9.70. The van der Waals surface area contributed by atoms with Crippen molar-refractivity contribution in [1.29, 1.82) is 0 Å². The van der Waals surface area contributed by atoms with Crippen LogP contribution < -0.4 is 4.72 Å². The number of carbonyl (C=O) groups is 2. The molecule has 1 amide bonds. The van der Waals surface area contributed by atoms with E-state index in [1.807, 2.05) is 0 Å². The van der Waals surface area contributed by atoms with E-state index in [1.54, 1.807) is 6.26 Å². The summed E-state index contributed by atoms with van der Waals surface area (Å²) in [5.41, 5.74) is 0. The molecule has 0 radical (unpaired) electrons. The Morgan fingerprint density at radius 2 is 2.10 bits per heavy atom. The largest absolute Gasteiger partial charge is 0.478 e. The maximum Gasteiger partial charge on any atom is 0.328 e. The highest BCUT2D eigenvalue weighted by atomic mass is 32.2. The third-order valence-electron chi connectivity index (χ3n) is 0.580. The average molecular weight is 161 g/mol. The molecule has 0 heterocycles. The van der Waals surface area contributed by atoms with E-state index in [2.05, 4.69) is 4.72 Å². The molecule has 56 valence electrons. The van der Waals surface area contributed by atoms with Crippen LogP contribution >= 0.6 is 11.9 Å². The lowest BCUT2D eigenvalue weighted by Gasteiger charge is -1.90. The zero-order chi connectivity index (χ0) is 7.98. The second-order valence-corrected chi connectivity index (χ2v) is 1.95. The van der Waals surface area contributed by atoms with Crippen molar-refractivity contribution in [2.45, 2.75) is 0 Å². The Labute approximate surface area is 62.4 Å². The van der Waals surface area contributed by atoms with E-state index in [9.17, 15) is 9.59 Å². The van der Waals surface area contributed by atoms with Crippen molar-refractivity contribution in [3.8, 4) is 0 Å². The van der Waals surface area contributed by atoms with Crippen LogP contribution in [0.1, 0.15) is 0 Å². The number of carboxylic acid groups (broad SMARTS) is 1. The quantitative estimate of drug-likeness (QED) is 0.452. The number of carbonyl (C=O) groups excluding carboxylic acids is 1. The number of hydrogen-bond donors (Lipinski definition) is 2. The van der Waals surface area contributed by atoms with E-state index in [4.69, 9.17) is 5.11 Å². The molecule has 10 heavy (non-hydrogen) atoms. The van der Waals surface area contributed by atoms with Gasteiger partial charge in [0, 0.05) is 18.4 Å². The van der Waals surface area contributed by atoms with Crippen LogP contribution in [0.3, 0.4) is 0 Å². The van der Waals surface area contributed by atoms with E-state index < -0.39 is 11.9 Å². The Kier molecular flexibility index (Phi) is 4.39. The lowest BCUT2D eigenvalue weighted by atomic mass is 10.5. The fraction of sp³-hybridized carbons (Fsp3) is 0.200. The van der Waals surface area contributed by atoms with E-state index in [0.29, 0.717) is 0 Å². The average Bonchev–Trinajstić information content (AvgIpc) is 1.85. The van der Waals surface area contributed by atoms with Crippen LogP contribution in [-0.4, -0.2) is 23.2 Å². The van der Waals surface area contributed by atoms with Gasteiger partial charge in [0.15, 0.2) is 0 Å². The van der Waals surface area contributed by atoms with Crippen LogP contribution in [0.25, 0.3) is 0 Å². The van der Waals surface area contributed by atoms with Crippen molar-refractivity contribution in [3.05, 3.63) is 12.2 Å². The highest BCUT2D eigenvalue weighted by molar-refractivity contribution is 7.97. The Bertz CT molecular complexity index is 166. The molecule has 0 aromatic carbocycles. The van der Waals surface area contributed by atoms with Gasteiger partial charge in [0.05, 0.1) is 0 Å². The van der Waals surface area contributed by atoms with Crippen LogP contribution in [0.15, 0.2) is 12.2 Å².